The van der Waals surface area contributed by atoms with E-state index in [4.69, 9.17) is 0 Å². The molecule has 0 aliphatic heterocycles. The van der Waals surface area contributed by atoms with Crippen molar-refractivity contribution < 1.29 is 10.2 Å². The first-order valence-electron chi connectivity index (χ1n) is 9.38. The zero-order valence-corrected chi connectivity index (χ0v) is 14.9. The Kier molecular flexibility index (Phi) is 4.73. The molecule has 3 aliphatic carbocycles. The summed E-state index contributed by atoms with van der Waals surface area (Å²) < 4.78 is 0. The van der Waals surface area contributed by atoms with E-state index >= 15 is 0 Å². The van der Waals surface area contributed by atoms with Gasteiger partial charge in [-0.1, -0.05) is 26.8 Å². The maximum Gasteiger partial charge on any atom is 0.112 e. The molecule has 3 rings (SSSR count). The molecule has 0 amide bonds. The molecule has 2 saturated carbocycles. The molecule has 0 heterocycles. The highest BCUT2D eigenvalue weighted by Crippen LogP contribution is 2.49. The Morgan fingerprint density at radius 2 is 2.00 bits per heavy atom. The van der Waals surface area contributed by atoms with Crippen LogP contribution in [0.5, 0.6) is 0 Å². The van der Waals surface area contributed by atoms with Crippen molar-refractivity contribution in [2.45, 2.75) is 71.8 Å². The lowest BCUT2D eigenvalue weighted by Gasteiger charge is -2.37. The Balaban J connectivity index is 1.74. The van der Waals surface area contributed by atoms with E-state index in [1.807, 2.05) is 12.2 Å². The molecule has 0 aromatic carbocycles. The van der Waals surface area contributed by atoms with Crippen LogP contribution in [0.2, 0.25) is 0 Å². The quantitative estimate of drug-likeness (QED) is 0.741. The maximum absolute atomic E-state index is 10.4. The Labute approximate surface area is 141 Å². The third kappa shape index (κ3) is 3.28. The molecule has 2 fully saturated rings. The Morgan fingerprint density at radius 3 is 2.70 bits per heavy atom. The van der Waals surface area contributed by atoms with Crippen molar-refractivity contribution in [3.63, 3.8) is 0 Å². The van der Waals surface area contributed by atoms with Crippen molar-refractivity contribution >= 4 is 0 Å². The van der Waals surface area contributed by atoms with E-state index in [2.05, 4.69) is 26.8 Å². The van der Waals surface area contributed by atoms with Gasteiger partial charge in [-0.05, 0) is 91.4 Å². The van der Waals surface area contributed by atoms with Crippen LogP contribution in [0.4, 0.5) is 0 Å². The fourth-order valence-corrected chi connectivity index (χ4v) is 5.00. The van der Waals surface area contributed by atoms with Crippen LogP contribution in [0.25, 0.3) is 0 Å². The van der Waals surface area contributed by atoms with Crippen LogP contribution in [0, 0.1) is 23.2 Å². The Morgan fingerprint density at radius 1 is 1.22 bits per heavy atom. The maximum atomic E-state index is 10.4. The fraction of sp³-hybridized carbons (Fsp3) is 0.714. The molecule has 0 saturated heterocycles. The number of hydrogen-bond donors (Lipinski definition) is 2. The summed E-state index contributed by atoms with van der Waals surface area (Å²) in [6.07, 6.45) is 13.6. The number of aliphatic hydroxyl groups is 2. The highest BCUT2D eigenvalue weighted by Gasteiger charge is 2.43. The SMILES string of the molecule is CC1CC[C@H](O)[C@@]1(C)CCC1C[C@H](C)CC2=CC(O)=CCC=C21. The number of fused-ring (bicyclic) bond motifs is 1. The van der Waals surface area contributed by atoms with Gasteiger partial charge in [-0.25, -0.2) is 0 Å². The molecule has 128 valence electrons. The number of rotatable bonds is 3. The van der Waals surface area contributed by atoms with Gasteiger partial charge in [0.2, 0.25) is 0 Å². The molecule has 2 nitrogen and oxygen atoms in total. The van der Waals surface area contributed by atoms with E-state index < -0.39 is 0 Å². The number of aliphatic hydroxyl groups excluding tert-OH is 2. The van der Waals surface area contributed by atoms with Crippen LogP contribution in [-0.2, 0) is 0 Å². The average Bonchev–Trinajstić information content (AvgIpc) is 2.65. The first-order valence-corrected chi connectivity index (χ1v) is 9.38. The largest absolute Gasteiger partial charge is 0.508 e. The second-order valence-electron chi connectivity index (χ2n) is 8.47. The first-order chi connectivity index (χ1) is 10.9. The predicted octanol–water partition coefficient (Wildman–Crippen LogP) is 5.31. The summed E-state index contributed by atoms with van der Waals surface area (Å²) in [5.74, 6) is 2.29. The van der Waals surface area contributed by atoms with Gasteiger partial charge in [0.05, 0.1) is 6.10 Å². The molecule has 2 heteroatoms. The lowest BCUT2D eigenvalue weighted by Crippen LogP contribution is -2.32. The van der Waals surface area contributed by atoms with Gasteiger partial charge in [-0.15, -0.1) is 0 Å². The van der Waals surface area contributed by atoms with Crippen LogP contribution < -0.4 is 0 Å². The molecule has 0 aromatic rings. The van der Waals surface area contributed by atoms with Gasteiger partial charge in [0.15, 0.2) is 0 Å². The molecule has 0 spiro atoms. The molecular formula is C21H32O2. The van der Waals surface area contributed by atoms with Crippen LogP contribution in [0.15, 0.2) is 35.1 Å². The Bertz CT molecular complexity index is 530. The van der Waals surface area contributed by atoms with Gasteiger partial charge >= 0.3 is 0 Å². The zero-order valence-electron chi connectivity index (χ0n) is 14.9. The van der Waals surface area contributed by atoms with Crippen molar-refractivity contribution in [1.82, 2.24) is 0 Å². The van der Waals surface area contributed by atoms with Crippen molar-refractivity contribution in [1.29, 1.82) is 0 Å². The second kappa shape index (κ2) is 6.47. The Hall–Kier alpha value is -1.02. The van der Waals surface area contributed by atoms with Gasteiger partial charge < -0.3 is 10.2 Å². The minimum absolute atomic E-state index is 0.0796. The van der Waals surface area contributed by atoms with Crippen molar-refractivity contribution in [3.05, 3.63) is 35.1 Å². The molecule has 23 heavy (non-hydrogen) atoms. The second-order valence-corrected chi connectivity index (χ2v) is 8.47. The van der Waals surface area contributed by atoms with Crippen molar-refractivity contribution in [3.8, 4) is 0 Å². The molecule has 0 aromatic heterocycles. The van der Waals surface area contributed by atoms with Crippen LogP contribution >= 0.6 is 0 Å². The van der Waals surface area contributed by atoms with Gasteiger partial charge in [0, 0.05) is 0 Å². The molecule has 0 radical (unpaired) electrons. The van der Waals surface area contributed by atoms with Crippen LogP contribution in [0.1, 0.15) is 65.7 Å². The van der Waals surface area contributed by atoms with Gasteiger partial charge in [0.1, 0.15) is 5.76 Å². The summed E-state index contributed by atoms with van der Waals surface area (Å²) >= 11 is 0. The summed E-state index contributed by atoms with van der Waals surface area (Å²) in [6.45, 7) is 6.91. The predicted molar refractivity (Wildman–Crippen MR) is 95.1 cm³/mol. The lowest BCUT2D eigenvalue weighted by atomic mass is 9.69. The zero-order chi connectivity index (χ0) is 16.6. The van der Waals surface area contributed by atoms with Crippen molar-refractivity contribution in [2.75, 3.05) is 0 Å². The summed E-state index contributed by atoms with van der Waals surface area (Å²) in [6, 6.07) is 0. The van der Waals surface area contributed by atoms with Gasteiger partial charge in [-0.2, -0.15) is 0 Å². The highest BCUT2D eigenvalue weighted by atomic mass is 16.3. The fourth-order valence-electron chi connectivity index (χ4n) is 5.00. The first kappa shape index (κ1) is 16.8. The lowest BCUT2D eigenvalue weighted by molar-refractivity contribution is 0.0319. The van der Waals surface area contributed by atoms with Gasteiger partial charge in [-0.3, -0.25) is 0 Å². The molecule has 2 N–H and O–H groups in total. The topological polar surface area (TPSA) is 40.5 Å². The third-order valence-electron chi connectivity index (χ3n) is 6.84. The standard InChI is InChI=1S/C21H32O2/c1-14-11-16(9-10-21(3)15(2)7-8-20(21)23)19-6-4-5-18(22)13-17(19)12-14/h5-6,13-16,20,22-23H,4,7-12H2,1-3H3/t14-,15?,16?,20-,21-/m0/s1. The number of hydrogen-bond acceptors (Lipinski definition) is 2. The monoisotopic (exact) mass is 316 g/mol. The van der Waals surface area contributed by atoms with E-state index in [9.17, 15) is 10.2 Å². The third-order valence-corrected chi connectivity index (χ3v) is 6.84. The molecule has 0 bridgehead atoms. The van der Waals surface area contributed by atoms with E-state index in [1.165, 1.54) is 17.6 Å². The highest BCUT2D eigenvalue weighted by molar-refractivity contribution is 5.41. The van der Waals surface area contributed by atoms with E-state index in [0.717, 1.165) is 38.5 Å². The van der Waals surface area contributed by atoms with E-state index in [0.29, 0.717) is 23.5 Å². The van der Waals surface area contributed by atoms with E-state index in [-0.39, 0.29) is 11.5 Å². The van der Waals surface area contributed by atoms with Gasteiger partial charge in [0.25, 0.3) is 0 Å². The summed E-state index contributed by atoms with van der Waals surface area (Å²) in [5, 5.41) is 20.4. The minimum atomic E-state index is -0.137. The molecule has 5 atom stereocenters. The smallest absolute Gasteiger partial charge is 0.112 e. The summed E-state index contributed by atoms with van der Waals surface area (Å²) in [5.41, 5.74) is 2.88. The van der Waals surface area contributed by atoms with Crippen molar-refractivity contribution in [2.24, 2.45) is 23.2 Å². The minimum Gasteiger partial charge on any atom is -0.508 e. The normalized spacial score (nSPS) is 40.8. The molecule has 3 aliphatic rings. The summed E-state index contributed by atoms with van der Waals surface area (Å²) in [7, 11) is 0. The molecular weight excluding hydrogens is 284 g/mol. The van der Waals surface area contributed by atoms with Crippen LogP contribution in [-0.4, -0.2) is 16.3 Å². The molecule has 2 unspecified atom stereocenters. The summed E-state index contributed by atoms with van der Waals surface area (Å²) in [4.78, 5) is 0. The van der Waals surface area contributed by atoms with Crippen LogP contribution in [0.3, 0.4) is 0 Å². The average molecular weight is 316 g/mol. The number of allylic oxidation sites excluding steroid dienone is 5. The van der Waals surface area contributed by atoms with E-state index in [1.54, 1.807) is 0 Å².